The number of rotatable bonds is 3. The second-order valence-electron chi connectivity index (χ2n) is 4.83. The fraction of sp³-hybridized carbons (Fsp3) is 0.500. The van der Waals surface area contributed by atoms with Gasteiger partial charge in [0.05, 0.1) is 11.0 Å². The maximum Gasteiger partial charge on any atom is 0.238 e. The van der Waals surface area contributed by atoms with Crippen LogP contribution in [0.2, 0.25) is 0 Å². The Bertz CT molecular complexity index is 519. The van der Waals surface area contributed by atoms with E-state index in [1.54, 1.807) is 12.1 Å². The largest absolute Gasteiger partial charge is 0.393 e. The number of aliphatic hydroxyl groups is 1. The molecule has 0 aromatic heterocycles. The topological polar surface area (TPSA) is 80.4 Å². The first kappa shape index (κ1) is 12.5. The minimum atomic E-state index is -3.63. The first-order valence-electron chi connectivity index (χ1n) is 5.66. The first-order chi connectivity index (χ1) is 7.86. The minimum absolute atomic E-state index is 0.165. The van der Waals surface area contributed by atoms with Gasteiger partial charge in [0, 0.05) is 0 Å². The first-order valence-corrected chi connectivity index (χ1v) is 7.21. The molecule has 1 saturated carbocycles. The Hall–Kier alpha value is -0.910. The van der Waals surface area contributed by atoms with Crippen molar-refractivity contribution in [2.45, 2.75) is 37.2 Å². The van der Waals surface area contributed by atoms with Crippen LogP contribution in [-0.2, 0) is 16.4 Å². The molecule has 0 spiro atoms. The summed E-state index contributed by atoms with van der Waals surface area (Å²) in [7, 11) is -3.63. The van der Waals surface area contributed by atoms with E-state index in [2.05, 4.69) is 0 Å². The molecule has 5 heteroatoms. The molecule has 0 heterocycles. The van der Waals surface area contributed by atoms with Crippen LogP contribution in [0.25, 0.3) is 0 Å². The van der Waals surface area contributed by atoms with Crippen LogP contribution in [0.4, 0.5) is 0 Å². The van der Waals surface area contributed by atoms with Crippen molar-refractivity contribution in [3.05, 3.63) is 29.3 Å². The molecular weight excluding hydrogens is 238 g/mol. The van der Waals surface area contributed by atoms with Gasteiger partial charge in [-0.15, -0.1) is 0 Å². The normalized spacial score (nSPS) is 24.4. The van der Waals surface area contributed by atoms with E-state index < -0.39 is 10.0 Å². The van der Waals surface area contributed by atoms with Crippen LogP contribution in [0.5, 0.6) is 0 Å². The van der Waals surface area contributed by atoms with Gasteiger partial charge in [-0.05, 0) is 55.4 Å². The lowest BCUT2D eigenvalue weighted by molar-refractivity contribution is 0.0431. The highest BCUT2D eigenvalue weighted by Gasteiger charge is 2.27. The molecule has 1 aliphatic carbocycles. The third kappa shape index (κ3) is 2.86. The molecule has 0 aliphatic heterocycles. The van der Waals surface area contributed by atoms with Gasteiger partial charge in [0.25, 0.3) is 0 Å². The molecule has 0 unspecified atom stereocenters. The molecule has 3 N–H and O–H groups in total. The van der Waals surface area contributed by atoms with Crippen LogP contribution < -0.4 is 5.14 Å². The van der Waals surface area contributed by atoms with Crippen LogP contribution in [0.15, 0.2) is 23.1 Å². The van der Waals surface area contributed by atoms with Crippen molar-refractivity contribution in [1.29, 1.82) is 0 Å². The van der Waals surface area contributed by atoms with Gasteiger partial charge in [-0.25, -0.2) is 13.6 Å². The third-order valence-corrected chi connectivity index (χ3v) is 4.28. The fourth-order valence-corrected chi connectivity index (χ4v) is 2.79. The van der Waals surface area contributed by atoms with Crippen LogP contribution in [0.1, 0.15) is 24.0 Å². The Kier molecular flexibility index (Phi) is 3.25. The minimum Gasteiger partial charge on any atom is -0.393 e. The van der Waals surface area contributed by atoms with Gasteiger partial charge in [-0.1, -0.05) is 6.07 Å². The summed E-state index contributed by atoms with van der Waals surface area (Å²) in [5.74, 6) is 0.458. The molecule has 0 radical (unpaired) electrons. The number of hydrogen-bond donors (Lipinski definition) is 2. The van der Waals surface area contributed by atoms with Gasteiger partial charge in [0.15, 0.2) is 0 Å². The summed E-state index contributed by atoms with van der Waals surface area (Å²) >= 11 is 0. The highest BCUT2D eigenvalue weighted by Crippen LogP contribution is 2.31. The molecule has 1 aromatic rings. The molecule has 4 nitrogen and oxygen atoms in total. The Morgan fingerprint density at radius 3 is 2.59 bits per heavy atom. The van der Waals surface area contributed by atoms with Crippen LogP contribution >= 0.6 is 0 Å². The monoisotopic (exact) mass is 255 g/mol. The Labute approximate surface area is 102 Å². The summed E-state index contributed by atoms with van der Waals surface area (Å²) in [6.45, 7) is 1.96. The van der Waals surface area contributed by atoms with Crippen molar-refractivity contribution in [2.75, 3.05) is 0 Å². The van der Waals surface area contributed by atoms with Gasteiger partial charge < -0.3 is 5.11 Å². The quantitative estimate of drug-likeness (QED) is 0.844. The van der Waals surface area contributed by atoms with E-state index in [0.717, 1.165) is 30.4 Å². The molecule has 1 fully saturated rings. The predicted octanol–water partition coefficient (Wildman–Crippen LogP) is 0.956. The molecule has 0 bridgehead atoms. The SMILES string of the molecule is Cc1ccc(S(N)(=O)=O)cc1CC1CC(O)C1. The number of aliphatic hydroxyl groups excluding tert-OH is 1. The van der Waals surface area contributed by atoms with E-state index in [0.29, 0.717) is 5.92 Å². The lowest BCUT2D eigenvalue weighted by Crippen LogP contribution is -2.30. The highest BCUT2D eigenvalue weighted by molar-refractivity contribution is 7.89. The average molecular weight is 255 g/mol. The average Bonchev–Trinajstić information content (AvgIpc) is 2.17. The molecule has 94 valence electrons. The number of benzene rings is 1. The summed E-state index contributed by atoms with van der Waals surface area (Å²) in [5.41, 5.74) is 2.08. The molecule has 17 heavy (non-hydrogen) atoms. The zero-order chi connectivity index (χ0) is 12.6. The second-order valence-corrected chi connectivity index (χ2v) is 6.39. The molecule has 0 saturated heterocycles. The standard InChI is InChI=1S/C12H17NO3S/c1-8-2-3-12(17(13,15)16)7-10(8)4-9-5-11(14)6-9/h2-3,7,9,11,14H,4-6H2,1H3,(H2,13,15,16). The van der Waals surface area contributed by atoms with Gasteiger partial charge in [0.1, 0.15) is 0 Å². The summed E-state index contributed by atoms with van der Waals surface area (Å²) in [4.78, 5) is 0.165. The zero-order valence-corrected chi connectivity index (χ0v) is 10.6. The highest BCUT2D eigenvalue weighted by atomic mass is 32.2. The van der Waals surface area contributed by atoms with E-state index in [-0.39, 0.29) is 11.0 Å². The van der Waals surface area contributed by atoms with Gasteiger partial charge in [-0.3, -0.25) is 0 Å². The summed E-state index contributed by atoms with van der Waals surface area (Å²) in [6, 6.07) is 4.96. The lowest BCUT2D eigenvalue weighted by Gasteiger charge is -2.31. The van der Waals surface area contributed by atoms with Crippen molar-refractivity contribution in [2.24, 2.45) is 11.1 Å². The zero-order valence-electron chi connectivity index (χ0n) is 9.76. The number of aryl methyl sites for hydroxylation is 1. The van der Waals surface area contributed by atoms with Gasteiger partial charge in [-0.2, -0.15) is 0 Å². The van der Waals surface area contributed by atoms with Crippen molar-refractivity contribution < 1.29 is 13.5 Å². The lowest BCUT2D eigenvalue weighted by atomic mass is 9.78. The Morgan fingerprint density at radius 1 is 1.41 bits per heavy atom. The molecule has 1 aromatic carbocycles. The van der Waals surface area contributed by atoms with E-state index >= 15 is 0 Å². The second kappa shape index (κ2) is 4.40. The summed E-state index contributed by atoms with van der Waals surface area (Å²) in [6.07, 6.45) is 2.24. The van der Waals surface area contributed by atoms with Crippen molar-refractivity contribution in [3.63, 3.8) is 0 Å². The van der Waals surface area contributed by atoms with Crippen LogP contribution in [0, 0.1) is 12.8 Å². The molecule has 0 atom stereocenters. The van der Waals surface area contributed by atoms with Crippen molar-refractivity contribution in [1.82, 2.24) is 0 Å². The molecule has 0 amide bonds. The number of sulfonamides is 1. The Morgan fingerprint density at radius 2 is 2.06 bits per heavy atom. The molecule has 1 aliphatic rings. The summed E-state index contributed by atoms with van der Waals surface area (Å²) in [5, 5.41) is 14.3. The number of hydrogen-bond acceptors (Lipinski definition) is 3. The fourth-order valence-electron chi connectivity index (χ4n) is 2.22. The molecular formula is C12H17NO3S. The van der Waals surface area contributed by atoms with E-state index in [4.69, 9.17) is 5.14 Å². The van der Waals surface area contributed by atoms with Crippen molar-refractivity contribution in [3.8, 4) is 0 Å². The third-order valence-electron chi connectivity index (χ3n) is 3.37. The van der Waals surface area contributed by atoms with E-state index in [1.807, 2.05) is 6.92 Å². The van der Waals surface area contributed by atoms with E-state index in [1.165, 1.54) is 6.07 Å². The number of nitrogens with two attached hydrogens (primary N) is 1. The van der Waals surface area contributed by atoms with E-state index in [9.17, 15) is 13.5 Å². The predicted molar refractivity (Wildman–Crippen MR) is 65.0 cm³/mol. The van der Waals surface area contributed by atoms with Gasteiger partial charge in [0.2, 0.25) is 10.0 Å². The molecule has 2 rings (SSSR count). The van der Waals surface area contributed by atoms with Gasteiger partial charge >= 0.3 is 0 Å². The maximum atomic E-state index is 11.3. The summed E-state index contributed by atoms with van der Waals surface area (Å²) < 4.78 is 22.5. The van der Waals surface area contributed by atoms with Crippen LogP contribution in [-0.4, -0.2) is 19.6 Å². The number of primary sulfonamides is 1. The van der Waals surface area contributed by atoms with Crippen LogP contribution in [0.3, 0.4) is 0 Å². The Balaban J connectivity index is 2.21. The smallest absolute Gasteiger partial charge is 0.238 e. The van der Waals surface area contributed by atoms with Crippen molar-refractivity contribution >= 4 is 10.0 Å². The maximum absolute atomic E-state index is 11.3.